The molecule has 2 aliphatic heterocycles. The lowest BCUT2D eigenvalue weighted by atomic mass is 9.98. The van der Waals surface area contributed by atoms with Crippen molar-refractivity contribution in [2.24, 2.45) is 0 Å². The number of hydrogen-bond acceptors (Lipinski definition) is 11. The van der Waals surface area contributed by atoms with Crippen molar-refractivity contribution in [1.29, 1.82) is 0 Å². The lowest BCUT2D eigenvalue weighted by Gasteiger charge is -2.30. The predicted octanol–water partition coefficient (Wildman–Crippen LogP) is 8.85. The molecule has 9 amide bonds. The van der Waals surface area contributed by atoms with Crippen LogP contribution in [0.15, 0.2) is 121 Å². The third-order valence-corrected chi connectivity index (χ3v) is 18.7. The zero-order valence-electron chi connectivity index (χ0n) is 57.9. The van der Waals surface area contributed by atoms with Crippen LogP contribution < -0.4 is 42.5 Å². The highest BCUT2D eigenvalue weighted by Crippen LogP contribution is 2.28. The smallest absolute Gasteiger partial charge is 0.245 e. The summed E-state index contributed by atoms with van der Waals surface area (Å²) < 4.78 is 0. The Bertz CT molecular complexity index is 2740. The molecule has 20 nitrogen and oxygen atoms in total. The summed E-state index contributed by atoms with van der Waals surface area (Å²) in [5.41, 5.74) is 3.61. The topological polar surface area (TPSA) is 260 Å². The third-order valence-electron chi connectivity index (χ3n) is 18.7. The number of unbranched alkanes of at least 4 members (excludes halogenated alkanes) is 14. The van der Waals surface area contributed by atoms with E-state index >= 15 is 0 Å². The minimum Gasteiger partial charge on any atom is -0.355 e. The van der Waals surface area contributed by atoms with E-state index in [9.17, 15) is 43.2 Å². The first kappa shape index (κ1) is 77.0. The first-order valence-electron chi connectivity index (χ1n) is 35.8. The minimum atomic E-state index is -0.938. The third kappa shape index (κ3) is 25.9. The van der Waals surface area contributed by atoms with Gasteiger partial charge in [0.25, 0.3) is 0 Å². The number of amides is 9. The van der Waals surface area contributed by atoms with Gasteiger partial charge in [-0.2, -0.15) is 0 Å². The van der Waals surface area contributed by atoms with Crippen LogP contribution in [-0.2, 0) is 43.2 Å². The Morgan fingerprint density at radius 1 is 0.438 bits per heavy atom. The van der Waals surface area contributed by atoms with Crippen molar-refractivity contribution in [3.05, 3.63) is 144 Å². The van der Waals surface area contributed by atoms with Gasteiger partial charge in [0.15, 0.2) is 0 Å². The highest BCUT2D eigenvalue weighted by Gasteiger charge is 2.41. The summed E-state index contributed by atoms with van der Waals surface area (Å²) in [6.07, 6.45) is 19.5. The number of nitrogens with one attached hydrogen (secondary N) is 8. The summed E-state index contributed by atoms with van der Waals surface area (Å²) in [4.78, 5) is 130. The van der Waals surface area contributed by atoms with Crippen molar-refractivity contribution in [2.75, 3.05) is 53.4 Å². The first-order chi connectivity index (χ1) is 46.6. The predicted molar refractivity (Wildman–Crippen MR) is 377 cm³/mol. The normalized spacial score (nSPS) is 15.7. The Morgan fingerprint density at radius 3 is 1.10 bits per heavy atom. The van der Waals surface area contributed by atoms with Crippen molar-refractivity contribution in [1.82, 2.24) is 57.2 Å². The molecule has 4 aromatic rings. The summed E-state index contributed by atoms with van der Waals surface area (Å²) in [6.45, 7) is 6.05. The van der Waals surface area contributed by atoms with Gasteiger partial charge in [-0.05, 0) is 121 Å². The van der Waals surface area contributed by atoms with E-state index in [2.05, 4.69) is 49.5 Å². The van der Waals surface area contributed by atoms with Gasteiger partial charge >= 0.3 is 0 Å². The molecule has 96 heavy (non-hydrogen) atoms. The molecule has 20 heteroatoms. The molecule has 0 aromatic heterocycles. The minimum absolute atomic E-state index is 0.180. The van der Waals surface area contributed by atoms with E-state index in [0.29, 0.717) is 70.9 Å². The van der Waals surface area contributed by atoms with Gasteiger partial charge in [-0.15, -0.1) is 0 Å². The van der Waals surface area contributed by atoms with Gasteiger partial charge in [0.2, 0.25) is 53.2 Å². The zero-order chi connectivity index (χ0) is 68.9. The molecule has 0 aliphatic carbocycles. The molecule has 0 spiro atoms. The number of likely N-dealkylation sites (N-methyl/N-ethyl adjacent to an activating group) is 2. The standard InChI is InChI=1S/C76H111N11O9/c1-6-7-8-9-10-11-12-13-14-15-16-17-30-49-68(90)85(54-66(88)79-50-33-31-45-62(81-71(91)56(2)77-4)75(95)86-52-35-47-64(86)73(93)83-69(58-37-22-18-23-38-58)59-39-24-19-25-40-59)55-67(89)80-51-34-32-46-63(82-72(92)57(3)78-5)76(96)87-53-36-48-65(87)74(94)84-70(60-41-26-20-27-42-60)61-43-28-21-29-44-61/h18-29,37-44,56-57,62-65,69-70,77-78H,6-17,30-36,45-55H2,1-5H3,(H,79,88)(H,80,89)(H,81,91)(H,82,92)(H,83,93)(H,84,94)/t56-,57-,62-,63-,64-,65-/m0/s1. The highest BCUT2D eigenvalue weighted by atomic mass is 16.2. The number of carbonyl (C=O) groups excluding carboxylic acids is 9. The van der Waals surface area contributed by atoms with Gasteiger partial charge in [-0.25, -0.2) is 0 Å². The molecule has 0 saturated carbocycles. The monoisotopic (exact) mass is 1320 g/mol. The van der Waals surface area contributed by atoms with Gasteiger partial charge < -0.3 is 57.2 Å². The molecule has 2 heterocycles. The second-order valence-corrected chi connectivity index (χ2v) is 26.0. The summed E-state index contributed by atoms with van der Waals surface area (Å²) in [5, 5.41) is 24.0. The summed E-state index contributed by atoms with van der Waals surface area (Å²) in [7, 11) is 3.32. The summed E-state index contributed by atoms with van der Waals surface area (Å²) in [6, 6.07) is 33.3. The Labute approximate surface area is 571 Å². The maximum Gasteiger partial charge on any atom is 0.245 e. The number of rotatable bonds is 44. The van der Waals surface area contributed by atoms with Gasteiger partial charge in [-0.3, -0.25) is 43.2 Å². The van der Waals surface area contributed by atoms with Crippen LogP contribution in [0.3, 0.4) is 0 Å². The molecule has 6 atom stereocenters. The fraction of sp³-hybridized carbons (Fsp3) is 0.566. The number of benzene rings is 4. The van der Waals surface area contributed by atoms with E-state index in [4.69, 9.17) is 0 Å². The molecular formula is C76H111N11O9. The van der Waals surface area contributed by atoms with Gasteiger partial charge in [0.1, 0.15) is 37.3 Å². The average molecular weight is 1320 g/mol. The van der Waals surface area contributed by atoms with Crippen molar-refractivity contribution < 1.29 is 43.2 Å². The largest absolute Gasteiger partial charge is 0.355 e. The average Bonchev–Trinajstić information content (AvgIpc) is 1.51. The van der Waals surface area contributed by atoms with Crippen LogP contribution in [0.4, 0.5) is 0 Å². The molecule has 0 radical (unpaired) electrons. The maximum atomic E-state index is 14.5. The lowest BCUT2D eigenvalue weighted by Crippen LogP contribution is -2.55. The SMILES string of the molecule is CCCCCCCCCCCCCCCC(=O)N(CC(=O)NCCCC[C@H](NC(=O)[C@H](C)NC)C(=O)N1CCC[C@H]1C(=O)NC(c1ccccc1)c1ccccc1)CC(=O)NCCCC[C@H](NC(=O)[C@H](C)NC)C(=O)N1CCC[C@H]1C(=O)NC(c1ccccc1)c1ccccc1. The van der Waals surface area contributed by atoms with Gasteiger partial charge in [0, 0.05) is 32.6 Å². The van der Waals surface area contributed by atoms with E-state index in [0.717, 1.165) is 47.9 Å². The van der Waals surface area contributed by atoms with E-state index in [-0.39, 0.29) is 86.8 Å². The lowest BCUT2D eigenvalue weighted by molar-refractivity contribution is -0.142. The molecule has 2 fully saturated rings. The Balaban J connectivity index is 1.03. The van der Waals surface area contributed by atoms with E-state index < -0.39 is 60.1 Å². The van der Waals surface area contributed by atoms with Crippen molar-refractivity contribution in [2.45, 2.75) is 223 Å². The van der Waals surface area contributed by atoms with E-state index in [1.165, 1.54) is 56.3 Å². The molecule has 0 unspecified atom stereocenters. The Morgan fingerprint density at radius 2 is 0.771 bits per heavy atom. The molecule has 524 valence electrons. The highest BCUT2D eigenvalue weighted by molar-refractivity contribution is 5.95. The second-order valence-electron chi connectivity index (χ2n) is 26.0. The molecular weight excluding hydrogens is 1210 g/mol. The van der Waals surface area contributed by atoms with Gasteiger partial charge in [0.05, 0.1) is 24.2 Å². The first-order valence-corrected chi connectivity index (χ1v) is 35.8. The molecule has 4 aromatic carbocycles. The Kier molecular flexibility index (Phi) is 34.7. The van der Waals surface area contributed by atoms with Crippen molar-refractivity contribution >= 4 is 53.2 Å². The van der Waals surface area contributed by atoms with Crippen LogP contribution in [0.1, 0.15) is 209 Å². The molecule has 0 bridgehead atoms. The molecule has 2 aliphatic rings. The van der Waals surface area contributed by atoms with Crippen LogP contribution in [-0.4, -0.2) is 157 Å². The molecule has 2 saturated heterocycles. The van der Waals surface area contributed by atoms with E-state index in [1.54, 1.807) is 37.7 Å². The number of hydrogen-bond donors (Lipinski definition) is 8. The fourth-order valence-electron chi connectivity index (χ4n) is 12.7. The Hall–Kier alpha value is -7.97. The summed E-state index contributed by atoms with van der Waals surface area (Å²) >= 11 is 0. The molecule has 6 rings (SSSR count). The van der Waals surface area contributed by atoms with Crippen molar-refractivity contribution in [3.63, 3.8) is 0 Å². The van der Waals surface area contributed by atoms with E-state index in [1.807, 2.05) is 121 Å². The van der Waals surface area contributed by atoms with Crippen LogP contribution in [0, 0.1) is 0 Å². The number of likely N-dealkylation sites (tertiary alicyclic amines) is 2. The zero-order valence-corrected chi connectivity index (χ0v) is 57.9. The number of carbonyl (C=O) groups is 9. The summed E-state index contributed by atoms with van der Waals surface area (Å²) in [5.74, 6) is -3.20. The fourth-order valence-corrected chi connectivity index (χ4v) is 12.7. The maximum absolute atomic E-state index is 14.5. The number of nitrogens with zero attached hydrogens (tertiary/aromatic N) is 3. The van der Waals surface area contributed by atoms with Crippen LogP contribution in [0.5, 0.6) is 0 Å². The van der Waals surface area contributed by atoms with Crippen molar-refractivity contribution in [3.8, 4) is 0 Å². The van der Waals surface area contributed by atoms with Gasteiger partial charge in [-0.1, -0.05) is 205 Å². The van der Waals surface area contributed by atoms with Crippen LogP contribution in [0.25, 0.3) is 0 Å². The van der Waals surface area contributed by atoms with Crippen LogP contribution in [0.2, 0.25) is 0 Å². The quantitative estimate of drug-likeness (QED) is 0.0194. The molecule has 8 N–H and O–H groups in total. The van der Waals surface area contributed by atoms with Crippen LogP contribution >= 0.6 is 0 Å². The second kappa shape index (κ2) is 43.3.